The Morgan fingerprint density at radius 1 is 1.35 bits per heavy atom. The smallest absolute Gasteiger partial charge is 0.229 e. The Morgan fingerprint density at radius 2 is 2.08 bits per heavy atom. The molecule has 8 heteroatoms. The topological polar surface area (TPSA) is 58.1 Å². The van der Waals surface area contributed by atoms with E-state index in [1.807, 2.05) is 18.2 Å². The van der Waals surface area contributed by atoms with E-state index in [-0.39, 0.29) is 17.6 Å². The predicted octanol–water partition coefficient (Wildman–Crippen LogP) is 3.81. The summed E-state index contributed by atoms with van der Waals surface area (Å²) in [5, 5.41) is 11.5. The van der Waals surface area contributed by atoms with Gasteiger partial charge in [0.05, 0.1) is 0 Å². The Morgan fingerprint density at radius 3 is 2.77 bits per heavy atom. The number of thioether (sulfide) groups is 1. The number of carbonyl (C=O) groups is 1. The second-order valence-corrected chi connectivity index (χ2v) is 8.38. The van der Waals surface area contributed by atoms with Crippen molar-refractivity contribution in [3.8, 4) is 0 Å². The van der Waals surface area contributed by atoms with E-state index < -0.39 is 0 Å². The van der Waals surface area contributed by atoms with Crippen LogP contribution in [-0.4, -0.2) is 39.8 Å². The molecule has 3 rings (SSSR count). The summed E-state index contributed by atoms with van der Waals surface area (Å²) in [6.45, 7) is 6.17. The molecule has 1 saturated heterocycles. The first kappa shape index (κ1) is 19.0. The van der Waals surface area contributed by atoms with Crippen molar-refractivity contribution in [3.05, 3.63) is 48.3 Å². The highest BCUT2D eigenvalue weighted by Crippen LogP contribution is 2.27. The molecule has 0 spiro atoms. The number of hydrogen-bond donors (Lipinski definition) is 1. The first-order chi connectivity index (χ1) is 12.6. The molecule has 26 heavy (non-hydrogen) atoms. The van der Waals surface area contributed by atoms with Crippen LogP contribution in [0.5, 0.6) is 0 Å². The van der Waals surface area contributed by atoms with Gasteiger partial charge in [-0.05, 0) is 43.6 Å². The van der Waals surface area contributed by atoms with Gasteiger partial charge in [0, 0.05) is 18.2 Å². The maximum atomic E-state index is 13.0. The lowest BCUT2D eigenvalue weighted by molar-refractivity contribution is -0.121. The third-order valence-electron chi connectivity index (χ3n) is 4.24. The Balaban J connectivity index is 1.45. The van der Waals surface area contributed by atoms with E-state index >= 15 is 0 Å². The number of aromatic nitrogens is 2. The molecule has 2 aromatic rings. The molecular formula is C18H21FN4OS2. The lowest BCUT2D eigenvalue weighted by atomic mass is 9.95. The molecule has 0 saturated carbocycles. The molecule has 0 unspecified atom stereocenters. The van der Waals surface area contributed by atoms with Gasteiger partial charge in [-0.2, -0.15) is 0 Å². The predicted molar refractivity (Wildman–Crippen MR) is 104 cm³/mol. The Labute approximate surface area is 160 Å². The van der Waals surface area contributed by atoms with Gasteiger partial charge in [-0.25, -0.2) is 4.39 Å². The summed E-state index contributed by atoms with van der Waals surface area (Å²) in [5.41, 5.74) is 1.09. The van der Waals surface area contributed by atoms with E-state index in [0.717, 1.165) is 48.1 Å². The molecule has 0 atom stereocenters. The average molecular weight is 393 g/mol. The largest absolute Gasteiger partial charge is 0.300 e. The fraction of sp³-hybridized carbons (Fsp3) is 0.389. The van der Waals surface area contributed by atoms with Gasteiger partial charge in [0.25, 0.3) is 0 Å². The van der Waals surface area contributed by atoms with E-state index in [1.54, 1.807) is 11.8 Å². The van der Waals surface area contributed by atoms with Crippen molar-refractivity contribution >= 4 is 34.1 Å². The van der Waals surface area contributed by atoms with Gasteiger partial charge >= 0.3 is 0 Å². The third kappa shape index (κ3) is 5.36. The number of anilines is 1. The van der Waals surface area contributed by atoms with Crippen molar-refractivity contribution in [1.29, 1.82) is 0 Å². The zero-order valence-electron chi connectivity index (χ0n) is 14.4. The lowest BCUT2D eigenvalue weighted by Crippen LogP contribution is -2.37. The van der Waals surface area contributed by atoms with Gasteiger partial charge in [-0.15, -0.1) is 16.8 Å². The minimum Gasteiger partial charge on any atom is -0.300 e. The molecule has 1 aliphatic rings. The number of hydrogen-bond acceptors (Lipinski definition) is 6. The standard InChI is InChI=1S/C18H21FN4OS2/c1-2-11-25-18-22-21-17(26-18)20-16(24)14-7-9-23(10-8-14)12-13-3-5-15(19)6-4-13/h2-6,14H,1,7-12H2,(H,20,21,24). The maximum Gasteiger partial charge on any atom is 0.229 e. The Bertz CT molecular complexity index is 742. The van der Waals surface area contributed by atoms with Crippen molar-refractivity contribution in [1.82, 2.24) is 15.1 Å². The summed E-state index contributed by atoms with van der Waals surface area (Å²) in [5.74, 6) is 0.567. The second-order valence-electron chi connectivity index (χ2n) is 6.14. The molecule has 5 nitrogen and oxygen atoms in total. The maximum absolute atomic E-state index is 13.0. The van der Waals surface area contributed by atoms with E-state index in [9.17, 15) is 9.18 Å². The van der Waals surface area contributed by atoms with Crippen molar-refractivity contribution in [3.63, 3.8) is 0 Å². The molecule has 0 aliphatic carbocycles. The molecule has 1 aliphatic heterocycles. The van der Waals surface area contributed by atoms with Gasteiger partial charge in [-0.3, -0.25) is 9.69 Å². The van der Waals surface area contributed by atoms with Crippen LogP contribution in [-0.2, 0) is 11.3 Å². The molecule has 2 heterocycles. The minimum atomic E-state index is -0.216. The number of carbonyl (C=O) groups excluding carboxylic acids is 1. The number of nitrogens with one attached hydrogen (secondary N) is 1. The quantitative estimate of drug-likeness (QED) is 0.441. The zero-order valence-corrected chi connectivity index (χ0v) is 16.0. The van der Waals surface area contributed by atoms with Crippen molar-refractivity contribution in [2.45, 2.75) is 23.7 Å². The fourth-order valence-electron chi connectivity index (χ4n) is 2.86. The molecule has 1 N–H and O–H groups in total. The van der Waals surface area contributed by atoms with Crippen LogP contribution in [0.2, 0.25) is 0 Å². The van der Waals surface area contributed by atoms with Crippen molar-refractivity contribution < 1.29 is 9.18 Å². The number of benzene rings is 1. The number of likely N-dealkylation sites (tertiary alicyclic amines) is 1. The molecule has 1 amide bonds. The molecule has 1 fully saturated rings. The molecule has 0 bridgehead atoms. The van der Waals surface area contributed by atoms with Crippen LogP contribution in [0.3, 0.4) is 0 Å². The molecular weight excluding hydrogens is 371 g/mol. The molecule has 1 aromatic heterocycles. The van der Waals surface area contributed by atoms with E-state index in [2.05, 4.69) is 27.0 Å². The van der Waals surface area contributed by atoms with Crippen LogP contribution < -0.4 is 5.32 Å². The van der Waals surface area contributed by atoms with Crippen LogP contribution in [0.15, 0.2) is 41.3 Å². The van der Waals surface area contributed by atoms with Crippen LogP contribution in [0.1, 0.15) is 18.4 Å². The number of nitrogens with zero attached hydrogens (tertiary/aromatic N) is 3. The van der Waals surface area contributed by atoms with Crippen LogP contribution in [0.25, 0.3) is 0 Å². The number of rotatable bonds is 7. The van der Waals surface area contributed by atoms with Crippen LogP contribution >= 0.6 is 23.1 Å². The van der Waals surface area contributed by atoms with Gasteiger partial charge in [0.1, 0.15) is 5.82 Å². The first-order valence-corrected chi connectivity index (χ1v) is 10.3. The zero-order chi connectivity index (χ0) is 18.4. The summed E-state index contributed by atoms with van der Waals surface area (Å²) >= 11 is 2.94. The Hall–Kier alpha value is -1.77. The summed E-state index contributed by atoms with van der Waals surface area (Å²) in [7, 11) is 0. The second kappa shape index (κ2) is 9.25. The molecule has 1 aromatic carbocycles. The van der Waals surface area contributed by atoms with Gasteiger partial charge in [0.15, 0.2) is 4.34 Å². The summed E-state index contributed by atoms with van der Waals surface area (Å²) < 4.78 is 13.8. The highest BCUT2D eigenvalue weighted by atomic mass is 32.2. The highest BCUT2D eigenvalue weighted by molar-refractivity contribution is 8.01. The molecule has 138 valence electrons. The minimum absolute atomic E-state index is 0.00681. The number of halogens is 1. The number of amides is 1. The highest BCUT2D eigenvalue weighted by Gasteiger charge is 2.25. The van der Waals surface area contributed by atoms with E-state index in [1.165, 1.54) is 23.5 Å². The normalized spacial score (nSPS) is 15.7. The van der Waals surface area contributed by atoms with Gasteiger partial charge in [0.2, 0.25) is 11.0 Å². The van der Waals surface area contributed by atoms with Gasteiger partial charge < -0.3 is 5.32 Å². The average Bonchev–Trinajstić information content (AvgIpc) is 3.10. The van der Waals surface area contributed by atoms with Crippen LogP contribution in [0, 0.1) is 11.7 Å². The van der Waals surface area contributed by atoms with Crippen molar-refractivity contribution in [2.24, 2.45) is 5.92 Å². The first-order valence-electron chi connectivity index (χ1n) is 8.49. The SMILES string of the molecule is C=CCSc1nnc(NC(=O)C2CCN(Cc3ccc(F)cc3)CC2)s1. The van der Waals surface area contributed by atoms with E-state index in [0.29, 0.717) is 5.13 Å². The third-order valence-corrected chi connectivity index (χ3v) is 6.21. The molecule has 0 radical (unpaired) electrons. The van der Waals surface area contributed by atoms with Gasteiger partial charge in [-0.1, -0.05) is 41.3 Å². The van der Waals surface area contributed by atoms with E-state index in [4.69, 9.17) is 0 Å². The summed E-state index contributed by atoms with van der Waals surface area (Å²) in [4.78, 5) is 14.7. The van der Waals surface area contributed by atoms with Crippen LogP contribution in [0.4, 0.5) is 9.52 Å². The van der Waals surface area contributed by atoms with Crippen molar-refractivity contribution in [2.75, 3.05) is 24.2 Å². The lowest BCUT2D eigenvalue weighted by Gasteiger charge is -2.31. The monoisotopic (exact) mass is 392 g/mol. The fourth-order valence-corrected chi connectivity index (χ4v) is 4.37. The summed E-state index contributed by atoms with van der Waals surface area (Å²) in [6.07, 6.45) is 3.43. The summed E-state index contributed by atoms with van der Waals surface area (Å²) in [6, 6.07) is 6.59. The number of piperidine rings is 1. The Kier molecular flexibility index (Phi) is 6.76.